The van der Waals surface area contributed by atoms with Crippen LogP contribution in [0.2, 0.25) is 0 Å². The van der Waals surface area contributed by atoms with Crippen LogP contribution in [0.3, 0.4) is 0 Å². The van der Waals surface area contributed by atoms with Gasteiger partial charge in [-0.2, -0.15) is 0 Å². The highest BCUT2D eigenvalue weighted by molar-refractivity contribution is 5.94. The van der Waals surface area contributed by atoms with E-state index in [0.717, 1.165) is 18.5 Å². The molecule has 2 aromatic heterocycles. The zero-order chi connectivity index (χ0) is 18.8. The third-order valence-electron chi connectivity index (χ3n) is 5.02. The second-order valence-corrected chi connectivity index (χ2v) is 6.91. The summed E-state index contributed by atoms with van der Waals surface area (Å²) < 4.78 is 21.2. The topological polar surface area (TPSA) is 59.7 Å². The lowest BCUT2D eigenvalue weighted by Crippen LogP contribution is -2.39. The number of benzene rings is 1. The van der Waals surface area contributed by atoms with E-state index in [1.165, 1.54) is 6.07 Å². The van der Waals surface area contributed by atoms with E-state index in [1.807, 2.05) is 12.1 Å². The minimum atomic E-state index is -0.341. The molecule has 1 aromatic carbocycles. The van der Waals surface area contributed by atoms with E-state index >= 15 is 0 Å². The number of amides is 1. The molecule has 7 heteroatoms. The molecule has 1 aliphatic rings. The zero-order valence-corrected chi connectivity index (χ0v) is 15.1. The average Bonchev–Trinajstić information content (AvgIpc) is 3.16. The number of aryl methyl sites for hydroxylation is 1. The summed E-state index contributed by atoms with van der Waals surface area (Å²) in [6, 6.07) is 8.34. The molecule has 1 fully saturated rings. The van der Waals surface area contributed by atoms with Crippen LogP contribution in [-0.2, 0) is 0 Å². The molecule has 1 aliphatic heterocycles. The van der Waals surface area contributed by atoms with Crippen molar-refractivity contribution in [1.82, 2.24) is 19.5 Å². The monoisotopic (exact) mass is 368 g/mol. The standard InChI is InChI=1S/C20H21FN4O2/c1-14-2-3-16(12-17(14)21)20(26)24-9-6-15(7-10-24)13-27-19-5-4-18-22-8-11-25(18)23-19/h2-5,8,11-12,15H,6-7,9-10,13H2,1H3. The highest BCUT2D eigenvalue weighted by Crippen LogP contribution is 2.21. The Morgan fingerprint density at radius 1 is 1.26 bits per heavy atom. The van der Waals surface area contributed by atoms with Gasteiger partial charge in [0.2, 0.25) is 5.88 Å². The maximum Gasteiger partial charge on any atom is 0.253 e. The maximum atomic E-state index is 13.7. The molecule has 27 heavy (non-hydrogen) atoms. The van der Waals surface area contributed by atoms with E-state index in [2.05, 4.69) is 10.1 Å². The number of carbonyl (C=O) groups excluding carboxylic acids is 1. The first-order valence-electron chi connectivity index (χ1n) is 9.09. The molecule has 0 unspecified atom stereocenters. The van der Waals surface area contributed by atoms with Crippen LogP contribution >= 0.6 is 0 Å². The Labute approximate surface area is 156 Å². The van der Waals surface area contributed by atoms with Crippen LogP contribution in [0.15, 0.2) is 42.7 Å². The average molecular weight is 368 g/mol. The number of aromatic nitrogens is 3. The Hall–Kier alpha value is -2.96. The third-order valence-corrected chi connectivity index (χ3v) is 5.02. The molecule has 3 heterocycles. The Morgan fingerprint density at radius 2 is 2.07 bits per heavy atom. The van der Waals surface area contributed by atoms with Gasteiger partial charge in [-0.25, -0.2) is 13.9 Å². The van der Waals surface area contributed by atoms with Gasteiger partial charge in [-0.1, -0.05) is 6.07 Å². The first-order valence-corrected chi connectivity index (χ1v) is 9.09. The van der Waals surface area contributed by atoms with Crippen molar-refractivity contribution in [3.05, 3.63) is 59.7 Å². The SMILES string of the molecule is Cc1ccc(C(=O)N2CCC(COc3ccc4nccn4n3)CC2)cc1F. The quantitative estimate of drug-likeness (QED) is 0.710. The fourth-order valence-electron chi connectivity index (χ4n) is 3.29. The van der Waals surface area contributed by atoms with E-state index in [1.54, 1.807) is 40.9 Å². The summed E-state index contributed by atoms with van der Waals surface area (Å²) >= 11 is 0. The lowest BCUT2D eigenvalue weighted by Gasteiger charge is -2.32. The molecule has 0 radical (unpaired) electrons. The van der Waals surface area contributed by atoms with Gasteiger partial charge >= 0.3 is 0 Å². The van der Waals surface area contributed by atoms with Crippen molar-refractivity contribution >= 4 is 11.6 Å². The van der Waals surface area contributed by atoms with Crippen molar-refractivity contribution in [2.75, 3.05) is 19.7 Å². The van der Waals surface area contributed by atoms with Crippen LogP contribution in [0.4, 0.5) is 4.39 Å². The molecule has 0 bridgehead atoms. The summed E-state index contributed by atoms with van der Waals surface area (Å²) in [4.78, 5) is 18.5. The van der Waals surface area contributed by atoms with Gasteiger partial charge in [0.05, 0.1) is 6.61 Å². The van der Waals surface area contributed by atoms with Crippen LogP contribution in [0.5, 0.6) is 5.88 Å². The van der Waals surface area contributed by atoms with Gasteiger partial charge in [-0.3, -0.25) is 4.79 Å². The molecule has 0 N–H and O–H groups in total. The first kappa shape index (κ1) is 17.5. The van der Waals surface area contributed by atoms with Crippen molar-refractivity contribution in [3.63, 3.8) is 0 Å². The predicted octanol–water partition coefficient (Wildman–Crippen LogP) is 3.11. The van der Waals surface area contributed by atoms with Crippen LogP contribution < -0.4 is 4.74 Å². The smallest absolute Gasteiger partial charge is 0.253 e. The molecule has 3 aromatic rings. The van der Waals surface area contributed by atoms with Gasteiger partial charge in [0.15, 0.2) is 5.65 Å². The highest BCUT2D eigenvalue weighted by Gasteiger charge is 2.24. The van der Waals surface area contributed by atoms with Gasteiger partial charge in [0.1, 0.15) is 5.82 Å². The van der Waals surface area contributed by atoms with Crippen molar-refractivity contribution in [2.45, 2.75) is 19.8 Å². The number of hydrogen-bond acceptors (Lipinski definition) is 4. The van der Waals surface area contributed by atoms with Crippen LogP contribution in [-0.4, -0.2) is 45.1 Å². The molecule has 1 saturated heterocycles. The molecule has 0 atom stereocenters. The minimum absolute atomic E-state index is 0.111. The van der Waals surface area contributed by atoms with Gasteiger partial charge in [-0.15, -0.1) is 5.10 Å². The van der Waals surface area contributed by atoms with E-state index in [0.29, 0.717) is 42.6 Å². The molecule has 6 nitrogen and oxygen atoms in total. The third kappa shape index (κ3) is 3.77. The summed E-state index contributed by atoms with van der Waals surface area (Å²) in [5.74, 6) is 0.477. The molecule has 0 spiro atoms. The molecule has 1 amide bonds. The number of carbonyl (C=O) groups is 1. The molecular formula is C20H21FN4O2. The number of fused-ring (bicyclic) bond motifs is 1. The van der Waals surface area contributed by atoms with Crippen LogP contribution in [0.1, 0.15) is 28.8 Å². The lowest BCUT2D eigenvalue weighted by atomic mass is 9.97. The fourth-order valence-corrected chi connectivity index (χ4v) is 3.29. The zero-order valence-electron chi connectivity index (χ0n) is 15.1. The largest absolute Gasteiger partial charge is 0.476 e. The Kier molecular flexibility index (Phi) is 4.75. The van der Waals surface area contributed by atoms with E-state index in [4.69, 9.17) is 4.74 Å². The summed E-state index contributed by atoms with van der Waals surface area (Å²) in [5.41, 5.74) is 1.73. The molecule has 0 aliphatic carbocycles. The summed E-state index contributed by atoms with van der Waals surface area (Å²) in [7, 11) is 0. The first-order chi connectivity index (χ1) is 13.1. The maximum absolute atomic E-state index is 13.7. The second-order valence-electron chi connectivity index (χ2n) is 6.91. The fraction of sp³-hybridized carbons (Fsp3) is 0.350. The minimum Gasteiger partial charge on any atom is -0.476 e. The number of hydrogen-bond donors (Lipinski definition) is 0. The molecule has 0 saturated carbocycles. The summed E-state index contributed by atoms with van der Waals surface area (Å²) in [6.07, 6.45) is 5.18. The lowest BCUT2D eigenvalue weighted by molar-refractivity contribution is 0.0658. The number of nitrogens with zero attached hydrogens (tertiary/aromatic N) is 4. The normalized spacial score (nSPS) is 15.3. The van der Waals surface area contributed by atoms with E-state index < -0.39 is 0 Å². The van der Waals surface area contributed by atoms with Gasteiger partial charge in [0, 0.05) is 37.1 Å². The molecule has 4 rings (SSSR count). The molecular weight excluding hydrogens is 347 g/mol. The number of rotatable bonds is 4. The Morgan fingerprint density at radius 3 is 2.85 bits per heavy atom. The van der Waals surface area contributed by atoms with Crippen LogP contribution in [0.25, 0.3) is 5.65 Å². The summed E-state index contributed by atoms with van der Waals surface area (Å²) in [6.45, 7) is 3.55. The number of ether oxygens (including phenoxy) is 1. The van der Waals surface area contributed by atoms with Gasteiger partial charge in [0.25, 0.3) is 5.91 Å². The summed E-state index contributed by atoms with van der Waals surface area (Å²) in [5, 5.41) is 4.35. The number of likely N-dealkylation sites (tertiary alicyclic amines) is 1. The van der Waals surface area contributed by atoms with Crippen molar-refractivity contribution < 1.29 is 13.9 Å². The van der Waals surface area contributed by atoms with Crippen molar-refractivity contribution in [1.29, 1.82) is 0 Å². The van der Waals surface area contributed by atoms with Crippen molar-refractivity contribution in [2.24, 2.45) is 5.92 Å². The van der Waals surface area contributed by atoms with Gasteiger partial charge < -0.3 is 9.64 Å². The predicted molar refractivity (Wildman–Crippen MR) is 98.2 cm³/mol. The van der Waals surface area contributed by atoms with E-state index in [9.17, 15) is 9.18 Å². The van der Waals surface area contributed by atoms with Crippen LogP contribution in [0, 0.1) is 18.7 Å². The Balaban J connectivity index is 1.30. The molecule has 140 valence electrons. The van der Waals surface area contributed by atoms with E-state index in [-0.39, 0.29) is 11.7 Å². The number of imidazole rings is 1. The second kappa shape index (κ2) is 7.34. The number of halogens is 1. The highest BCUT2D eigenvalue weighted by atomic mass is 19.1. The van der Waals surface area contributed by atoms with Crippen molar-refractivity contribution in [3.8, 4) is 5.88 Å². The van der Waals surface area contributed by atoms with Gasteiger partial charge in [-0.05, 0) is 49.4 Å². The Bertz CT molecular complexity index is 964. The number of piperidine rings is 1.